The first kappa shape index (κ1) is 9.77. The lowest BCUT2D eigenvalue weighted by Crippen LogP contribution is -1.84. The van der Waals surface area contributed by atoms with Crippen LogP contribution in [-0.4, -0.2) is 15.1 Å². The molecule has 2 atom stereocenters. The Bertz CT molecular complexity index is 533. The average molecular weight is 236 g/mol. The Morgan fingerprint density at radius 2 is 2.19 bits per heavy atom. The third-order valence-electron chi connectivity index (χ3n) is 2.89. The number of aryl methyl sites for hydroxylation is 1. The standard InChI is InChI=1S/C10H12N4OS/c1-4-3-6(4)8-13-9(15-14-8)7-5(2)12-10(11)16-7/h4,6H,3H2,1-2H3,(H2,11,12). The van der Waals surface area contributed by atoms with Crippen LogP contribution in [0.1, 0.15) is 30.8 Å². The van der Waals surface area contributed by atoms with Gasteiger partial charge < -0.3 is 10.3 Å². The molecule has 1 aliphatic rings. The molecule has 0 aromatic carbocycles. The molecule has 5 nitrogen and oxygen atoms in total. The smallest absolute Gasteiger partial charge is 0.270 e. The molecule has 2 heterocycles. The summed E-state index contributed by atoms with van der Waals surface area (Å²) in [5.74, 6) is 2.51. The van der Waals surface area contributed by atoms with Crippen molar-refractivity contribution in [2.24, 2.45) is 5.92 Å². The molecule has 2 N–H and O–H groups in total. The van der Waals surface area contributed by atoms with Crippen molar-refractivity contribution in [2.75, 3.05) is 5.73 Å². The Labute approximate surface area is 96.7 Å². The zero-order chi connectivity index (χ0) is 11.3. The highest BCUT2D eigenvalue weighted by Gasteiger charge is 2.38. The van der Waals surface area contributed by atoms with Gasteiger partial charge in [0.1, 0.15) is 4.88 Å². The van der Waals surface area contributed by atoms with Gasteiger partial charge in [0, 0.05) is 5.92 Å². The molecule has 3 rings (SSSR count). The molecule has 1 saturated carbocycles. The fourth-order valence-corrected chi connectivity index (χ4v) is 2.53. The lowest BCUT2D eigenvalue weighted by atomic mass is 10.3. The lowest BCUT2D eigenvalue weighted by Gasteiger charge is -1.87. The van der Waals surface area contributed by atoms with Crippen LogP contribution in [0, 0.1) is 12.8 Å². The molecule has 16 heavy (non-hydrogen) atoms. The van der Waals surface area contributed by atoms with Gasteiger partial charge in [-0.05, 0) is 19.3 Å². The summed E-state index contributed by atoms with van der Waals surface area (Å²) >= 11 is 1.38. The molecular weight excluding hydrogens is 224 g/mol. The molecule has 2 aromatic rings. The topological polar surface area (TPSA) is 77.8 Å². The maximum atomic E-state index is 5.64. The molecule has 0 amide bonds. The van der Waals surface area contributed by atoms with Crippen LogP contribution in [0.2, 0.25) is 0 Å². The average Bonchev–Trinajstić information content (AvgIpc) is 2.67. The Hall–Kier alpha value is -1.43. The van der Waals surface area contributed by atoms with Crippen LogP contribution in [0.15, 0.2) is 4.52 Å². The van der Waals surface area contributed by atoms with Gasteiger partial charge in [-0.3, -0.25) is 0 Å². The lowest BCUT2D eigenvalue weighted by molar-refractivity contribution is 0.422. The molecule has 2 aromatic heterocycles. The molecule has 0 saturated heterocycles. The molecule has 6 heteroatoms. The van der Waals surface area contributed by atoms with Gasteiger partial charge in [0.25, 0.3) is 5.89 Å². The summed E-state index contributed by atoms with van der Waals surface area (Å²) in [6.07, 6.45) is 1.16. The number of nitrogens with two attached hydrogens (primary N) is 1. The molecule has 0 spiro atoms. The minimum Gasteiger partial charge on any atom is -0.375 e. The summed E-state index contributed by atoms with van der Waals surface area (Å²) in [5.41, 5.74) is 6.48. The first-order chi connectivity index (χ1) is 7.65. The van der Waals surface area contributed by atoms with Gasteiger partial charge in [0.05, 0.1) is 5.69 Å². The van der Waals surface area contributed by atoms with Crippen LogP contribution in [0.25, 0.3) is 10.8 Å². The van der Waals surface area contributed by atoms with Crippen molar-refractivity contribution >= 4 is 16.5 Å². The van der Waals surface area contributed by atoms with Crippen molar-refractivity contribution < 1.29 is 4.52 Å². The molecule has 1 aliphatic carbocycles. The van der Waals surface area contributed by atoms with Crippen LogP contribution in [0.5, 0.6) is 0 Å². The summed E-state index contributed by atoms with van der Waals surface area (Å²) in [7, 11) is 0. The highest BCUT2D eigenvalue weighted by atomic mass is 32.1. The molecule has 1 fully saturated rings. The van der Waals surface area contributed by atoms with Crippen LogP contribution in [0.4, 0.5) is 5.13 Å². The van der Waals surface area contributed by atoms with Crippen LogP contribution >= 0.6 is 11.3 Å². The van der Waals surface area contributed by atoms with Gasteiger partial charge in [-0.15, -0.1) is 0 Å². The number of thiazole rings is 1. The van der Waals surface area contributed by atoms with Gasteiger partial charge in [0.15, 0.2) is 11.0 Å². The van der Waals surface area contributed by atoms with E-state index in [0.717, 1.165) is 22.8 Å². The van der Waals surface area contributed by atoms with E-state index in [2.05, 4.69) is 22.0 Å². The van der Waals surface area contributed by atoms with Crippen molar-refractivity contribution in [1.82, 2.24) is 15.1 Å². The van der Waals surface area contributed by atoms with E-state index < -0.39 is 0 Å². The second-order valence-electron chi connectivity index (χ2n) is 4.24. The predicted molar refractivity (Wildman–Crippen MR) is 61.1 cm³/mol. The predicted octanol–water partition coefficient (Wildman–Crippen LogP) is 2.21. The SMILES string of the molecule is Cc1nc(N)sc1-c1nc(C2CC2C)no1. The van der Waals surface area contributed by atoms with E-state index in [1.165, 1.54) is 11.3 Å². The van der Waals surface area contributed by atoms with Gasteiger partial charge in [-0.1, -0.05) is 23.4 Å². The van der Waals surface area contributed by atoms with Crippen molar-refractivity contribution in [3.05, 3.63) is 11.5 Å². The Morgan fingerprint density at radius 1 is 1.44 bits per heavy atom. The zero-order valence-electron chi connectivity index (χ0n) is 9.10. The van der Waals surface area contributed by atoms with Crippen molar-refractivity contribution in [2.45, 2.75) is 26.2 Å². The summed E-state index contributed by atoms with van der Waals surface area (Å²) < 4.78 is 5.25. The zero-order valence-corrected chi connectivity index (χ0v) is 9.91. The first-order valence-electron chi connectivity index (χ1n) is 5.22. The first-order valence-corrected chi connectivity index (χ1v) is 6.03. The molecule has 84 valence electrons. The number of aromatic nitrogens is 3. The maximum absolute atomic E-state index is 5.64. The maximum Gasteiger partial charge on any atom is 0.270 e. The number of hydrogen-bond donors (Lipinski definition) is 1. The summed E-state index contributed by atoms with van der Waals surface area (Å²) in [6, 6.07) is 0. The van der Waals surface area contributed by atoms with E-state index in [0.29, 0.717) is 22.9 Å². The molecule has 2 unspecified atom stereocenters. The number of rotatable bonds is 2. The van der Waals surface area contributed by atoms with Gasteiger partial charge in [-0.25, -0.2) is 4.98 Å². The van der Waals surface area contributed by atoms with Gasteiger partial charge in [0.2, 0.25) is 0 Å². The third kappa shape index (κ3) is 1.49. The fourth-order valence-electron chi connectivity index (χ4n) is 1.78. The van der Waals surface area contributed by atoms with E-state index in [1.54, 1.807) is 0 Å². The van der Waals surface area contributed by atoms with Crippen molar-refractivity contribution in [3.63, 3.8) is 0 Å². The van der Waals surface area contributed by atoms with E-state index in [9.17, 15) is 0 Å². The molecule has 0 radical (unpaired) electrons. The highest BCUT2D eigenvalue weighted by Crippen LogP contribution is 2.46. The van der Waals surface area contributed by atoms with Crippen molar-refractivity contribution in [1.29, 1.82) is 0 Å². The Kier molecular flexibility index (Phi) is 2.00. The molecular formula is C10H12N4OS. The quantitative estimate of drug-likeness (QED) is 0.864. The largest absolute Gasteiger partial charge is 0.375 e. The van der Waals surface area contributed by atoms with Crippen LogP contribution in [0.3, 0.4) is 0 Å². The minimum absolute atomic E-state index is 0.475. The normalized spacial score (nSPS) is 23.6. The van der Waals surface area contributed by atoms with Gasteiger partial charge in [-0.2, -0.15) is 4.98 Å². The second kappa shape index (κ2) is 3.28. The number of anilines is 1. The highest BCUT2D eigenvalue weighted by molar-refractivity contribution is 7.18. The minimum atomic E-state index is 0.475. The van der Waals surface area contributed by atoms with E-state index in [-0.39, 0.29) is 0 Å². The van der Waals surface area contributed by atoms with Gasteiger partial charge >= 0.3 is 0 Å². The molecule has 0 bridgehead atoms. The van der Waals surface area contributed by atoms with Crippen LogP contribution < -0.4 is 5.73 Å². The fraction of sp³-hybridized carbons (Fsp3) is 0.500. The third-order valence-corrected chi connectivity index (χ3v) is 3.86. The molecule has 0 aliphatic heterocycles. The summed E-state index contributed by atoms with van der Waals surface area (Å²) in [6.45, 7) is 4.09. The van der Waals surface area contributed by atoms with Crippen molar-refractivity contribution in [3.8, 4) is 10.8 Å². The van der Waals surface area contributed by atoms with Crippen LogP contribution in [-0.2, 0) is 0 Å². The second-order valence-corrected chi connectivity index (χ2v) is 5.27. The number of hydrogen-bond acceptors (Lipinski definition) is 6. The van der Waals surface area contributed by atoms with E-state index in [1.807, 2.05) is 6.92 Å². The number of nitrogen functional groups attached to an aromatic ring is 1. The van der Waals surface area contributed by atoms with E-state index in [4.69, 9.17) is 10.3 Å². The Morgan fingerprint density at radius 3 is 2.75 bits per heavy atom. The summed E-state index contributed by atoms with van der Waals surface area (Å²) in [4.78, 5) is 9.42. The number of nitrogens with zero attached hydrogens (tertiary/aromatic N) is 3. The summed E-state index contributed by atoms with van der Waals surface area (Å²) in [5, 5.41) is 4.54. The van der Waals surface area contributed by atoms with E-state index >= 15 is 0 Å². The monoisotopic (exact) mass is 236 g/mol. The Balaban J connectivity index is 1.95.